The summed E-state index contributed by atoms with van der Waals surface area (Å²) in [5.41, 5.74) is 1.11. The molecule has 0 saturated carbocycles. The molecule has 28 heavy (non-hydrogen) atoms. The average molecular weight is 522 g/mol. The number of nitrogens with one attached hydrogen (secondary N) is 2. The van der Waals surface area contributed by atoms with E-state index in [1.807, 2.05) is 30.3 Å². The molecule has 1 aromatic rings. The number of aliphatic imine (C=N–C) groups is 1. The highest BCUT2D eigenvalue weighted by atomic mass is 127. The van der Waals surface area contributed by atoms with Crippen LogP contribution < -0.4 is 10.6 Å². The Morgan fingerprint density at radius 1 is 1.21 bits per heavy atom. The molecule has 0 aromatic heterocycles. The Morgan fingerprint density at radius 3 is 2.50 bits per heavy atom. The standard InChI is InChI=1S/C20H34N4O2S.HI/c1-17(2)19(24-10-12-26-13-11-24)15-23-20(21-3)22-9-14-27(25)16-18-7-5-4-6-8-18;/h4-8,17,19H,9-16H2,1-3H3,(H2,21,22,23);1H. The van der Waals surface area contributed by atoms with Crippen molar-refractivity contribution in [2.24, 2.45) is 10.9 Å². The van der Waals surface area contributed by atoms with Gasteiger partial charge in [-0.15, -0.1) is 24.0 Å². The van der Waals surface area contributed by atoms with Gasteiger partial charge in [-0.05, 0) is 11.5 Å². The van der Waals surface area contributed by atoms with Crippen LogP contribution in [0, 0.1) is 5.92 Å². The van der Waals surface area contributed by atoms with Crippen molar-refractivity contribution in [3.05, 3.63) is 35.9 Å². The number of ether oxygens (including phenoxy) is 1. The van der Waals surface area contributed by atoms with Gasteiger partial charge in [-0.1, -0.05) is 44.2 Å². The molecule has 2 N–H and O–H groups in total. The van der Waals surface area contributed by atoms with Gasteiger partial charge >= 0.3 is 0 Å². The minimum atomic E-state index is -0.881. The Bertz CT molecular complexity index is 595. The summed E-state index contributed by atoms with van der Waals surface area (Å²) in [5, 5.41) is 6.71. The highest BCUT2D eigenvalue weighted by Gasteiger charge is 2.23. The van der Waals surface area contributed by atoms with Gasteiger partial charge in [-0.2, -0.15) is 0 Å². The second-order valence-corrected chi connectivity index (χ2v) is 8.69. The second-order valence-electron chi connectivity index (χ2n) is 7.11. The number of nitrogens with zero attached hydrogens (tertiary/aromatic N) is 2. The molecule has 1 heterocycles. The molecule has 8 heteroatoms. The van der Waals surface area contributed by atoms with E-state index in [4.69, 9.17) is 4.74 Å². The van der Waals surface area contributed by atoms with E-state index in [0.29, 0.717) is 30.0 Å². The number of rotatable bonds is 9. The first-order valence-corrected chi connectivity index (χ1v) is 11.2. The van der Waals surface area contributed by atoms with Crippen molar-refractivity contribution in [1.82, 2.24) is 15.5 Å². The van der Waals surface area contributed by atoms with E-state index in [1.54, 1.807) is 7.05 Å². The number of morpholine rings is 1. The third kappa shape index (κ3) is 9.19. The van der Waals surface area contributed by atoms with E-state index in [1.165, 1.54) is 0 Å². The Kier molecular flexibility index (Phi) is 12.9. The summed E-state index contributed by atoms with van der Waals surface area (Å²) in [4.78, 5) is 6.79. The molecule has 160 valence electrons. The van der Waals surface area contributed by atoms with Gasteiger partial charge in [-0.25, -0.2) is 0 Å². The number of halogens is 1. The predicted octanol–water partition coefficient (Wildman–Crippen LogP) is 2.08. The highest BCUT2D eigenvalue weighted by Crippen LogP contribution is 2.12. The van der Waals surface area contributed by atoms with E-state index in [9.17, 15) is 4.21 Å². The smallest absolute Gasteiger partial charge is 0.191 e. The maximum atomic E-state index is 12.2. The van der Waals surface area contributed by atoms with E-state index < -0.39 is 10.8 Å². The molecule has 1 aliphatic rings. The topological polar surface area (TPSA) is 66.0 Å². The Hall–Kier alpha value is -0.710. The van der Waals surface area contributed by atoms with Crippen LogP contribution in [0.2, 0.25) is 0 Å². The molecule has 1 aromatic carbocycles. The van der Waals surface area contributed by atoms with Crippen LogP contribution in [0.1, 0.15) is 19.4 Å². The van der Waals surface area contributed by atoms with E-state index in [0.717, 1.165) is 44.4 Å². The number of hydrogen-bond donors (Lipinski definition) is 2. The van der Waals surface area contributed by atoms with Gasteiger partial charge in [0.15, 0.2) is 5.96 Å². The fourth-order valence-electron chi connectivity index (χ4n) is 3.23. The van der Waals surface area contributed by atoms with Crippen molar-refractivity contribution in [2.75, 3.05) is 52.2 Å². The maximum absolute atomic E-state index is 12.2. The van der Waals surface area contributed by atoms with Gasteiger partial charge in [0.1, 0.15) is 0 Å². The number of hydrogen-bond acceptors (Lipinski definition) is 4. The lowest BCUT2D eigenvalue weighted by Gasteiger charge is -2.37. The molecule has 1 aliphatic heterocycles. The Balaban J connectivity index is 0.00000392. The molecule has 0 spiro atoms. The lowest BCUT2D eigenvalue weighted by atomic mass is 10.0. The predicted molar refractivity (Wildman–Crippen MR) is 129 cm³/mol. The molecule has 2 unspecified atom stereocenters. The monoisotopic (exact) mass is 522 g/mol. The zero-order chi connectivity index (χ0) is 19.5. The third-order valence-electron chi connectivity index (χ3n) is 4.78. The second kappa shape index (κ2) is 14.3. The van der Waals surface area contributed by atoms with Crippen molar-refractivity contribution >= 4 is 40.7 Å². The van der Waals surface area contributed by atoms with Crippen molar-refractivity contribution < 1.29 is 8.95 Å². The van der Waals surface area contributed by atoms with Crippen LogP contribution in [0.25, 0.3) is 0 Å². The summed E-state index contributed by atoms with van der Waals surface area (Å²) in [6, 6.07) is 10.4. The van der Waals surface area contributed by atoms with Gasteiger partial charge in [0.05, 0.1) is 13.2 Å². The molecule has 2 rings (SSSR count). The van der Waals surface area contributed by atoms with Gasteiger partial charge in [0.25, 0.3) is 0 Å². The van der Waals surface area contributed by atoms with Crippen molar-refractivity contribution in [2.45, 2.75) is 25.6 Å². The number of benzene rings is 1. The van der Waals surface area contributed by atoms with Crippen molar-refractivity contribution in [1.29, 1.82) is 0 Å². The fourth-order valence-corrected chi connectivity index (χ4v) is 4.27. The summed E-state index contributed by atoms with van der Waals surface area (Å²) in [6.07, 6.45) is 0. The summed E-state index contributed by atoms with van der Waals surface area (Å²) in [6.45, 7) is 9.57. The van der Waals surface area contributed by atoms with Crippen LogP contribution in [0.3, 0.4) is 0 Å². The van der Waals surface area contributed by atoms with Crippen LogP contribution in [0.15, 0.2) is 35.3 Å². The SMILES string of the molecule is CN=C(NCCS(=O)Cc1ccccc1)NCC(C(C)C)N1CCOCC1.I. The minimum absolute atomic E-state index is 0. The van der Waals surface area contributed by atoms with Gasteiger partial charge in [0.2, 0.25) is 0 Å². The minimum Gasteiger partial charge on any atom is -0.379 e. The molecular weight excluding hydrogens is 487 g/mol. The van der Waals surface area contributed by atoms with E-state index in [-0.39, 0.29) is 24.0 Å². The lowest BCUT2D eigenvalue weighted by molar-refractivity contribution is 0.00752. The largest absolute Gasteiger partial charge is 0.379 e. The first kappa shape index (κ1) is 25.3. The quantitative estimate of drug-likeness (QED) is 0.296. The van der Waals surface area contributed by atoms with Crippen LogP contribution >= 0.6 is 24.0 Å². The highest BCUT2D eigenvalue weighted by molar-refractivity contribution is 14.0. The summed E-state index contributed by atoms with van der Waals surface area (Å²) in [7, 11) is 0.893. The van der Waals surface area contributed by atoms with Gasteiger partial charge in [0, 0.05) is 61.6 Å². The molecule has 6 nitrogen and oxygen atoms in total. The lowest BCUT2D eigenvalue weighted by Crippen LogP contribution is -2.52. The average Bonchev–Trinajstić information content (AvgIpc) is 2.68. The third-order valence-corrected chi connectivity index (χ3v) is 6.09. The molecule has 1 fully saturated rings. The van der Waals surface area contributed by atoms with Crippen LogP contribution in [0.5, 0.6) is 0 Å². The van der Waals surface area contributed by atoms with Crippen molar-refractivity contribution in [3.8, 4) is 0 Å². The Morgan fingerprint density at radius 2 is 1.89 bits per heavy atom. The van der Waals surface area contributed by atoms with Crippen LogP contribution in [0.4, 0.5) is 0 Å². The maximum Gasteiger partial charge on any atom is 0.191 e. The molecule has 0 radical (unpaired) electrons. The summed E-state index contributed by atoms with van der Waals surface area (Å²) >= 11 is 0. The van der Waals surface area contributed by atoms with Crippen molar-refractivity contribution in [3.63, 3.8) is 0 Å². The molecule has 0 amide bonds. The first-order chi connectivity index (χ1) is 13.1. The molecule has 0 bridgehead atoms. The summed E-state index contributed by atoms with van der Waals surface area (Å²) < 4.78 is 17.7. The molecular formula is C20H35IN4O2S. The number of guanidine groups is 1. The van der Waals surface area contributed by atoms with E-state index >= 15 is 0 Å². The molecule has 0 aliphatic carbocycles. The summed E-state index contributed by atoms with van der Waals surface area (Å²) in [5.74, 6) is 2.52. The molecule has 1 saturated heterocycles. The Labute approximate surface area is 189 Å². The molecule has 2 atom stereocenters. The van der Waals surface area contributed by atoms with E-state index in [2.05, 4.69) is 34.4 Å². The first-order valence-electron chi connectivity index (χ1n) is 9.75. The zero-order valence-electron chi connectivity index (χ0n) is 17.2. The zero-order valence-corrected chi connectivity index (χ0v) is 20.4. The van der Waals surface area contributed by atoms with Crippen LogP contribution in [-0.4, -0.2) is 73.3 Å². The van der Waals surface area contributed by atoms with Gasteiger partial charge in [-0.3, -0.25) is 14.1 Å². The normalized spacial score (nSPS) is 17.6. The van der Waals surface area contributed by atoms with Crippen LogP contribution in [-0.2, 0) is 21.3 Å². The van der Waals surface area contributed by atoms with Gasteiger partial charge < -0.3 is 15.4 Å². The fraction of sp³-hybridized carbons (Fsp3) is 0.650.